The van der Waals surface area contributed by atoms with Crippen LogP contribution in [-0.4, -0.2) is 5.75 Å². The smallest absolute Gasteiger partial charge is 0 e. The van der Waals surface area contributed by atoms with Gasteiger partial charge in [0.2, 0.25) is 0 Å². The molecule has 0 unspecified atom stereocenters. The van der Waals surface area contributed by atoms with Crippen LogP contribution in [0.25, 0.3) is 0 Å². The SMILES string of the molecule is CCC[S-].[C-]#[O+].[C-]#[O+].[C-]#[O+].[C-]#[O+].[C-]#[O+].[C-]#[O+].[CH-]=CC.[Fe].[Fe]. The van der Waals surface area contributed by atoms with Crippen LogP contribution in [-0.2, 0) is 74.7 Å². The van der Waals surface area contributed by atoms with Gasteiger partial charge in [-0.2, -0.15) is 5.75 Å². The van der Waals surface area contributed by atoms with Gasteiger partial charge in [0.05, 0.1) is 0 Å². The largest absolute Gasteiger partial charge is 0.518 e. The van der Waals surface area contributed by atoms with Crippen LogP contribution in [0.15, 0.2) is 6.08 Å². The molecule has 0 aliphatic heterocycles. The first-order chi connectivity index (χ1) is 9.33. The normalized spacial score (nSPS) is 2.62. The Hall–Kier alpha value is -0.431. The molecular formula is C12H12Fe2O6S-2. The molecule has 0 aromatic carbocycles. The second-order valence-corrected chi connectivity index (χ2v) is 1.45. The third-order valence-electron chi connectivity index (χ3n) is 0.204. The first-order valence-electron chi connectivity index (χ1n) is 3.63. The molecule has 120 valence electrons. The van der Waals surface area contributed by atoms with Crippen molar-refractivity contribution in [3.63, 3.8) is 0 Å². The maximum Gasteiger partial charge on any atom is 0 e. The van der Waals surface area contributed by atoms with Crippen LogP contribution in [0.5, 0.6) is 0 Å². The maximum atomic E-state index is 7.50. The van der Waals surface area contributed by atoms with Gasteiger partial charge in [-0.1, -0.05) is 20.3 Å². The van der Waals surface area contributed by atoms with E-state index < -0.39 is 0 Å². The van der Waals surface area contributed by atoms with Gasteiger partial charge in [-0.3, -0.25) is 6.08 Å². The molecule has 21 heavy (non-hydrogen) atoms. The standard InChI is InChI=1S/C3H8S.C3H5.6CO.2Fe/c1-2-3-4;1-3-2;6*1-2;;/h4H,2-3H2,1H3;1,3H,2H3;;;;;;;;/q;-1;;;;;;;;/p-1. The molecule has 0 aromatic rings. The summed E-state index contributed by atoms with van der Waals surface area (Å²) in [5.41, 5.74) is 0. The zero-order chi connectivity index (χ0) is 18.1. The summed E-state index contributed by atoms with van der Waals surface area (Å²) >= 11 is 4.55. The van der Waals surface area contributed by atoms with Crippen LogP contribution in [0.3, 0.4) is 0 Å². The molecule has 0 heterocycles. The Balaban J connectivity index is -0.00000000830. The molecule has 6 nitrogen and oxygen atoms in total. The molecule has 0 rings (SSSR count). The van der Waals surface area contributed by atoms with Crippen LogP contribution < -0.4 is 0 Å². The van der Waals surface area contributed by atoms with Crippen molar-refractivity contribution in [2.45, 2.75) is 20.3 Å². The third kappa shape index (κ3) is 18700. The van der Waals surface area contributed by atoms with E-state index in [4.69, 9.17) is 34.5 Å². The van der Waals surface area contributed by atoms with Gasteiger partial charge in [-0.15, -0.1) is 0 Å². The first kappa shape index (κ1) is 70.5. The van der Waals surface area contributed by atoms with Gasteiger partial charge in [-0.25, -0.2) is 0 Å². The van der Waals surface area contributed by atoms with Crippen LogP contribution in [0, 0.1) is 46.5 Å². The number of hydrogen-bond acceptors (Lipinski definition) is 1. The van der Waals surface area contributed by atoms with Gasteiger partial charge in [0, 0.05) is 34.1 Å². The van der Waals surface area contributed by atoms with Crippen molar-refractivity contribution in [3.8, 4) is 0 Å². The Morgan fingerprint density at radius 2 is 0.810 bits per heavy atom. The fourth-order valence-electron chi connectivity index (χ4n) is 0. The molecule has 0 fully saturated rings. The van der Waals surface area contributed by atoms with Crippen LogP contribution in [0.2, 0.25) is 0 Å². The van der Waals surface area contributed by atoms with Crippen molar-refractivity contribution in [2.75, 3.05) is 5.75 Å². The van der Waals surface area contributed by atoms with E-state index >= 15 is 0 Å². The minimum Gasteiger partial charge on any atom is -0.518 e. The predicted molar refractivity (Wildman–Crippen MR) is 60.6 cm³/mol. The molecule has 0 saturated heterocycles. The summed E-state index contributed by atoms with van der Waals surface area (Å²) in [4.78, 5) is 0. The molecule has 0 bridgehead atoms. The van der Waals surface area contributed by atoms with Crippen molar-refractivity contribution in [2.24, 2.45) is 0 Å². The van der Waals surface area contributed by atoms with E-state index in [1.807, 2.05) is 0 Å². The van der Waals surface area contributed by atoms with Gasteiger partial charge in [0.25, 0.3) is 0 Å². The summed E-state index contributed by atoms with van der Waals surface area (Å²) < 4.78 is 45.0. The molecule has 0 N–H and O–H groups in total. The molecule has 0 aliphatic carbocycles. The van der Waals surface area contributed by atoms with Crippen molar-refractivity contribution < 1.29 is 62.1 Å². The fraction of sp³-hybridized carbons (Fsp3) is 0.333. The van der Waals surface area contributed by atoms with Crippen molar-refractivity contribution >= 4 is 12.6 Å². The molecular weight excluding hydrogens is 384 g/mol. The van der Waals surface area contributed by atoms with Crippen molar-refractivity contribution in [1.29, 1.82) is 0 Å². The van der Waals surface area contributed by atoms with Gasteiger partial charge in [0.15, 0.2) is 0 Å². The molecule has 0 aliphatic rings. The first-order valence-corrected chi connectivity index (χ1v) is 4.21. The summed E-state index contributed by atoms with van der Waals surface area (Å²) in [6.45, 7) is 35.6. The van der Waals surface area contributed by atoms with E-state index in [0.717, 1.165) is 12.2 Å². The van der Waals surface area contributed by atoms with Gasteiger partial charge in [0.1, 0.15) is 0 Å². The van der Waals surface area contributed by atoms with Crippen LogP contribution >= 0.6 is 0 Å². The molecule has 9 heteroatoms. The van der Waals surface area contributed by atoms with E-state index in [2.05, 4.69) is 59.5 Å². The fourth-order valence-corrected chi connectivity index (χ4v) is 0. The second-order valence-electron chi connectivity index (χ2n) is 1.04. The van der Waals surface area contributed by atoms with Crippen molar-refractivity contribution in [3.05, 3.63) is 52.6 Å². The van der Waals surface area contributed by atoms with Gasteiger partial charge in [-0.05, 0) is 0 Å². The van der Waals surface area contributed by atoms with E-state index in [9.17, 15) is 0 Å². The monoisotopic (exact) mass is 396 g/mol. The van der Waals surface area contributed by atoms with E-state index in [0.29, 0.717) is 0 Å². The molecule has 0 radical (unpaired) electrons. The Morgan fingerprint density at radius 3 is 0.810 bits per heavy atom. The molecule has 0 saturated carbocycles. The quantitative estimate of drug-likeness (QED) is 0.285. The van der Waals surface area contributed by atoms with Crippen LogP contribution in [0.4, 0.5) is 0 Å². The van der Waals surface area contributed by atoms with Gasteiger partial charge >= 0.3 is 67.8 Å². The van der Waals surface area contributed by atoms with E-state index in [-0.39, 0.29) is 34.1 Å². The number of allylic oxidation sites excluding steroid dienone is 1. The maximum absolute atomic E-state index is 7.50. The Kier molecular flexibility index (Phi) is 3430. The van der Waals surface area contributed by atoms with E-state index in [1.165, 1.54) is 6.08 Å². The minimum absolute atomic E-state index is 0. The summed E-state index contributed by atoms with van der Waals surface area (Å²) in [7, 11) is 0. The number of rotatable bonds is 1. The summed E-state index contributed by atoms with van der Waals surface area (Å²) in [5.74, 6) is 0.903. The molecule has 0 amide bonds. The second kappa shape index (κ2) is 1020. The summed E-state index contributed by atoms with van der Waals surface area (Å²) in [5, 5.41) is 0. The van der Waals surface area contributed by atoms with E-state index in [1.54, 1.807) is 6.92 Å². The molecule has 0 aromatic heterocycles. The average molecular weight is 396 g/mol. The topological polar surface area (TPSA) is 119 Å². The zero-order valence-corrected chi connectivity index (χ0v) is 14.2. The van der Waals surface area contributed by atoms with Crippen molar-refractivity contribution in [1.82, 2.24) is 0 Å². The Morgan fingerprint density at radius 1 is 0.762 bits per heavy atom. The predicted octanol–water partition coefficient (Wildman–Crippen LogP) is 1.71. The third-order valence-corrected chi connectivity index (χ3v) is 0.612. The average Bonchev–Trinajstić information content (AvgIpc) is 2.59. The molecule has 0 spiro atoms. The van der Waals surface area contributed by atoms with Gasteiger partial charge < -0.3 is 19.2 Å². The Bertz CT molecular complexity index is 161. The summed E-state index contributed by atoms with van der Waals surface area (Å²) in [6.07, 6.45) is 2.63. The number of hydrogen-bond donors (Lipinski definition) is 0. The molecule has 0 atom stereocenters. The zero-order valence-electron chi connectivity index (χ0n) is 11.1. The minimum atomic E-state index is 0. The summed E-state index contributed by atoms with van der Waals surface area (Å²) in [6, 6.07) is 0. The Labute approximate surface area is 153 Å². The van der Waals surface area contributed by atoms with Crippen LogP contribution in [0.1, 0.15) is 20.3 Å².